The molecular weight excluding hydrogens is 264 g/mol. The summed E-state index contributed by atoms with van der Waals surface area (Å²) < 4.78 is 0. The molecule has 0 saturated carbocycles. The van der Waals surface area contributed by atoms with E-state index in [2.05, 4.69) is 19.2 Å². The summed E-state index contributed by atoms with van der Waals surface area (Å²) >= 11 is 0. The van der Waals surface area contributed by atoms with Gasteiger partial charge in [-0.25, -0.2) is 0 Å². The molecule has 1 atom stereocenters. The van der Waals surface area contributed by atoms with Crippen LogP contribution in [-0.2, 0) is 4.79 Å². The third-order valence-corrected chi connectivity index (χ3v) is 3.68. The summed E-state index contributed by atoms with van der Waals surface area (Å²) in [6, 6.07) is 6.99. The Morgan fingerprint density at radius 2 is 1.90 bits per heavy atom. The van der Waals surface area contributed by atoms with Gasteiger partial charge in [-0.15, -0.1) is 0 Å². The first-order chi connectivity index (χ1) is 9.91. The van der Waals surface area contributed by atoms with Crippen molar-refractivity contribution in [2.45, 2.75) is 46.2 Å². The molecule has 0 bridgehead atoms. The van der Waals surface area contributed by atoms with E-state index in [-0.39, 0.29) is 17.9 Å². The van der Waals surface area contributed by atoms with Crippen molar-refractivity contribution in [3.8, 4) is 0 Å². The lowest BCUT2D eigenvalue weighted by atomic mass is 10.0. The monoisotopic (exact) mass is 288 g/mol. The van der Waals surface area contributed by atoms with Crippen LogP contribution in [0, 0.1) is 5.92 Å². The quantitative estimate of drug-likeness (QED) is 0.905. The van der Waals surface area contributed by atoms with E-state index in [1.54, 1.807) is 4.90 Å². The minimum Gasteiger partial charge on any atom is -0.352 e. The van der Waals surface area contributed by atoms with Crippen molar-refractivity contribution in [2.75, 3.05) is 6.54 Å². The maximum atomic E-state index is 12.6. The Morgan fingerprint density at radius 1 is 1.24 bits per heavy atom. The van der Waals surface area contributed by atoms with E-state index in [1.807, 2.05) is 38.1 Å². The van der Waals surface area contributed by atoms with Crippen LogP contribution in [0.2, 0.25) is 0 Å². The number of fused-ring (bicyclic) bond motifs is 1. The Balaban J connectivity index is 2.30. The van der Waals surface area contributed by atoms with Crippen molar-refractivity contribution in [1.82, 2.24) is 10.2 Å². The average Bonchev–Trinajstić information content (AvgIpc) is 2.69. The topological polar surface area (TPSA) is 49.4 Å². The van der Waals surface area contributed by atoms with Crippen molar-refractivity contribution in [2.24, 2.45) is 5.92 Å². The lowest BCUT2D eigenvalue weighted by Gasteiger charge is -2.26. The summed E-state index contributed by atoms with van der Waals surface area (Å²) in [6.45, 7) is 8.72. The molecule has 2 rings (SSSR count). The molecule has 1 unspecified atom stereocenters. The first-order valence-electron chi connectivity index (χ1n) is 7.62. The fraction of sp³-hybridized carbons (Fsp3) is 0.529. The Hall–Kier alpha value is -1.84. The molecule has 0 radical (unpaired) electrons. The first-order valence-corrected chi connectivity index (χ1v) is 7.62. The molecule has 0 fully saturated rings. The molecule has 1 aromatic carbocycles. The molecule has 2 amide bonds. The highest BCUT2D eigenvalue weighted by atomic mass is 16.2. The zero-order chi connectivity index (χ0) is 15.6. The number of benzene rings is 1. The molecule has 0 aromatic heterocycles. The van der Waals surface area contributed by atoms with Gasteiger partial charge >= 0.3 is 0 Å². The molecule has 1 N–H and O–H groups in total. The second-order valence-electron chi connectivity index (χ2n) is 6.33. The standard InChI is InChI=1S/C17H24N2O2/c1-11(2)9-10-19-15(16(20)18-12(3)4)13-7-5-6-8-14(13)17(19)21/h5-8,11-12,15H,9-10H2,1-4H3,(H,18,20). The summed E-state index contributed by atoms with van der Waals surface area (Å²) in [5.41, 5.74) is 1.48. The SMILES string of the molecule is CC(C)CCN1C(=O)c2ccccc2C1C(=O)NC(C)C. The van der Waals surface area contributed by atoms with Crippen LogP contribution in [0.15, 0.2) is 24.3 Å². The molecule has 1 aliphatic rings. The molecular formula is C17H24N2O2. The highest BCUT2D eigenvalue weighted by Crippen LogP contribution is 2.34. The molecule has 0 aliphatic carbocycles. The van der Waals surface area contributed by atoms with Gasteiger partial charge in [0, 0.05) is 18.2 Å². The van der Waals surface area contributed by atoms with Crippen molar-refractivity contribution in [1.29, 1.82) is 0 Å². The van der Waals surface area contributed by atoms with Gasteiger partial charge in [0.25, 0.3) is 5.91 Å². The molecule has 1 heterocycles. The van der Waals surface area contributed by atoms with Crippen molar-refractivity contribution < 1.29 is 9.59 Å². The smallest absolute Gasteiger partial charge is 0.255 e. The van der Waals surface area contributed by atoms with E-state index in [0.717, 1.165) is 12.0 Å². The zero-order valence-corrected chi connectivity index (χ0v) is 13.2. The van der Waals surface area contributed by atoms with Gasteiger partial charge < -0.3 is 10.2 Å². The Labute approximate surface area is 126 Å². The molecule has 1 aromatic rings. The predicted molar refractivity (Wildman–Crippen MR) is 83.0 cm³/mol. The molecule has 114 valence electrons. The second kappa shape index (κ2) is 6.29. The zero-order valence-electron chi connectivity index (χ0n) is 13.2. The van der Waals surface area contributed by atoms with Crippen LogP contribution in [0.4, 0.5) is 0 Å². The number of hydrogen-bond acceptors (Lipinski definition) is 2. The van der Waals surface area contributed by atoms with E-state index in [4.69, 9.17) is 0 Å². The van der Waals surface area contributed by atoms with Gasteiger partial charge in [0.2, 0.25) is 5.91 Å². The maximum absolute atomic E-state index is 12.6. The van der Waals surface area contributed by atoms with Crippen LogP contribution in [0.25, 0.3) is 0 Å². The highest BCUT2D eigenvalue weighted by molar-refractivity contribution is 6.04. The van der Waals surface area contributed by atoms with Crippen LogP contribution in [0.3, 0.4) is 0 Å². The fourth-order valence-electron chi connectivity index (χ4n) is 2.64. The Morgan fingerprint density at radius 3 is 2.52 bits per heavy atom. The number of nitrogens with zero attached hydrogens (tertiary/aromatic N) is 1. The summed E-state index contributed by atoms with van der Waals surface area (Å²) in [6.07, 6.45) is 0.894. The van der Waals surface area contributed by atoms with E-state index in [0.29, 0.717) is 18.0 Å². The van der Waals surface area contributed by atoms with Gasteiger partial charge in [-0.2, -0.15) is 0 Å². The molecule has 4 heteroatoms. The van der Waals surface area contributed by atoms with E-state index in [9.17, 15) is 9.59 Å². The van der Waals surface area contributed by atoms with Crippen LogP contribution >= 0.6 is 0 Å². The summed E-state index contributed by atoms with van der Waals surface area (Å²) in [5.74, 6) is 0.373. The van der Waals surface area contributed by atoms with Crippen molar-refractivity contribution in [3.63, 3.8) is 0 Å². The highest BCUT2D eigenvalue weighted by Gasteiger charge is 2.40. The molecule has 0 saturated heterocycles. The maximum Gasteiger partial charge on any atom is 0.255 e. The lowest BCUT2D eigenvalue weighted by molar-refractivity contribution is -0.126. The molecule has 1 aliphatic heterocycles. The average molecular weight is 288 g/mol. The second-order valence-corrected chi connectivity index (χ2v) is 6.33. The number of rotatable bonds is 5. The van der Waals surface area contributed by atoms with Gasteiger partial charge in [0.1, 0.15) is 6.04 Å². The predicted octanol–water partition coefficient (Wildman–Crippen LogP) is 2.75. The van der Waals surface area contributed by atoms with Gasteiger partial charge in [-0.1, -0.05) is 32.0 Å². The van der Waals surface area contributed by atoms with Gasteiger partial charge in [0.15, 0.2) is 0 Å². The minimum atomic E-state index is -0.491. The Kier molecular flexibility index (Phi) is 4.66. The van der Waals surface area contributed by atoms with Gasteiger partial charge in [-0.05, 0) is 37.8 Å². The van der Waals surface area contributed by atoms with Crippen LogP contribution in [0.5, 0.6) is 0 Å². The number of hydrogen-bond donors (Lipinski definition) is 1. The van der Waals surface area contributed by atoms with Crippen LogP contribution in [0.1, 0.15) is 56.1 Å². The van der Waals surface area contributed by atoms with Crippen LogP contribution < -0.4 is 5.32 Å². The largest absolute Gasteiger partial charge is 0.352 e. The lowest BCUT2D eigenvalue weighted by Crippen LogP contribution is -2.42. The third-order valence-electron chi connectivity index (χ3n) is 3.68. The summed E-state index contributed by atoms with van der Waals surface area (Å²) in [7, 11) is 0. The third kappa shape index (κ3) is 3.26. The summed E-state index contributed by atoms with van der Waals surface area (Å²) in [5, 5.41) is 2.93. The molecule has 0 spiro atoms. The van der Waals surface area contributed by atoms with Crippen molar-refractivity contribution >= 4 is 11.8 Å². The van der Waals surface area contributed by atoms with Crippen molar-refractivity contribution in [3.05, 3.63) is 35.4 Å². The van der Waals surface area contributed by atoms with Crippen LogP contribution in [-0.4, -0.2) is 29.3 Å². The van der Waals surface area contributed by atoms with Gasteiger partial charge in [0.05, 0.1) is 0 Å². The molecule has 4 nitrogen and oxygen atoms in total. The Bertz CT molecular complexity index is 537. The molecule has 21 heavy (non-hydrogen) atoms. The first kappa shape index (κ1) is 15.5. The van der Waals surface area contributed by atoms with Gasteiger partial charge in [-0.3, -0.25) is 9.59 Å². The number of carbonyl (C=O) groups is 2. The van der Waals surface area contributed by atoms with E-state index < -0.39 is 6.04 Å². The summed E-state index contributed by atoms with van der Waals surface area (Å²) in [4.78, 5) is 26.8. The normalized spacial score (nSPS) is 17.5. The minimum absolute atomic E-state index is 0.0323. The fourth-order valence-corrected chi connectivity index (χ4v) is 2.64. The van der Waals surface area contributed by atoms with E-state index >= 15 is 0 Å². The number of nitrogens with one attached hydrogen (secondary N) is 1. The number of amides is 2. The van der Waals surface area contributed by atoms with E-state index in [1.165, 1.54) is 0 Å². The number of carbonyl (C=O) groups excluding carboxylic acids is 2.